The van der Waals surface area contributed by atoms with Gasteiger partial charge in [-0.1, -0.05) is 182 Å². The molecule has 0 saturated carbocycles. The van der Waals surface area contributed by atoms with E-state index in [1.807, 2.05) is 0 Å². The van der Waals surface area contributed by atoms with E-state index in [1.165, 1.54) is 121 Å². The summed E-state index contributed by atoms with van der Waals surface area (Å²) in [6, 6.07) is 55.9. The summed E-state index contributed by atoms with van der Waals surface area (Å²) in [5, 5.41) is 8.53. The zero-order valence-electron chi connectivity index (χ0n) is 36.0. The van der Waals surface area contributed by atoms with Gasteiger partial charge >= 0.3 is 0 Å². The minimum absolute atomic E-state index is 0.0409. The molecule has 60 heavy (non-hydrogen) atoms. The molecule has 1 aliphatic heterocycles. The first kappa shape index (κ1) is 35.9. The Morgan fingerprint density at radius 3 is 1.38 bits per heavy atom. The summed E-state index contributed by atoms with van der Waals surface area (Å²) < 4.78 is 0. The second-order valence-electron chi connectivity index (χ2n) is 20.1. The molecule has 0 bridgehead atoms. The molecule has 3 aliphatic carbocycles. The molecule has 0 radical (unpaired) electrons. The summed E-state index contributed by atoms with van der Waals surface area (Å²) >= 11 is 0. The molecule has 0 aromatic heterocycles. The lowest BCUT2D eigenvalue weighted by molar-refractivity contribution is 0.652. The number of benzene rings is 8. The number of rotatable bonds is 3. The zero-order chi connectivity index (χ0) is 41.1. The Morgan fingerprint density at radius 1 is 0.317 bits per heavy atom. The lowest BCUT2D eigenvalue weighted by atomic mass is 9.79. The number of fused-ring (bicyclic) bond motifs is 13. The van der Waals surface area contributed by atoms with Gasteiger partial charge in [-0.15, -0.1) is 0 Å². The molecular weight excluding hydrogens is 737 g/mol. The smallest absolute Gasteiger partial charge is 0.0622 e. The largest absolute Gasteiger partial charge is 0.113 e. The van der Waals surface area contributed by atoms with Crippen LogP contribution in [0.15, 0.2) is 158 Å². The van der Waals surface area contributed by atoms with Crippen molar-refractivity contribution in [1.29, 1.82) is 0 Å². The monoisotopic (exact) mass is 786 g/mol. The van der Waals surface area contributed by atoms with Gasteiger partial charge in [-0.3, -0.25) is 0 Å². The SMILES string of the molecule is CC1(C)c2ccccc2-c2cc3c(cc21)-c1c(cc(C2=CC=C(c4cc5c(c6ccccc46)-c4ccc(-c6ccccc6)cc4C5(C)C)[Si]2(C)C)c2ccccc12)C3(C)C. The fourth-order valence-corrected chi connectivity index (χ4v) is 15.2. The van der Waals surface area contributed by atoms with Crippen molar-refractivity contribution >= 4 is 40.0 Å². The summed E-state index contributed by atoms with van der Waals surface area (Å²) in [5.41, 5.74) is 22.1. The third-order valence-electron chi connectivity index (χ3n) is 15.5. The van der Waals surface area contributed by atoms with Crippen molar-refractivity contribution in [3.8, 4) is 44.5 Å². The van der Waals surface area contributed by atoms with Crippen molar-refractivity contribution in [3.63, 3.8) is 0 Å². The standard InChI is InChI=1S/C59H50Si/c1-57(2)47-25-17-16-22-39(47)43-31-50-46(34-49(43)57)56-41-24-15-13-21-38(41)45(33-52(56)59(50,5)6)54-29-28-53(60(54,7)8)44-32-51-55(40-23-14-12-20-37(40)44)42-27-26-36(30-48(42)58(51,3)4)35-18-10-9-11-19-35/h9-34H,1-8H3. The summed E-state index contributed by atoms with van der Waals surface area (Å²) in [4.78, 5) is 0. The Balaban J connectivity index is 0.995. The molecule has 0 nitrogen and oxygen atoms in total. The van der Waals surface area contributed by atoms with Crippen LogP contribution in [-0.4, -0.2) is 8.07 Å². The molecule has 1 heteroatoms. The predicted octanol–water partition coefficient (Wildman–Crippen LogP) is 15.8. The van der Waals surface area contributed by atoms with Crippen LogP contribution in [0.25, 0.3) is 76.4 Å². The first-order valence-electron chi connectivity index (χ1n) is 21.9. The Morgan fingerprint density at radius 2 is 0.767 bits per heavy atom. The Bertz CT molecular complexity index is 3290. The molecule has 0 N–H and O–H groups in total. The zero-order valence-corrected chi connectivity index (χ0v) is 37.0. The normalized spacial score (nSPS) is 17.7. The third-order valence-corrected chi connectivity index (χ3v) is 19.1. The maximum absolute atomic E-state index is 2.62. The Kier molecular flexibility index (Phi) is 7.08. The van der Waals surface area contributed by atoms with Crippen molar-refractivity contribution in [3.05, 3.63) is 202 Å². The molecule has 4 aliphatic rings. The summed E-state index contributed by atoms with van der Waals surface area (Å²) in [6.07, 6.45) is 5.01. The minimum atomic E-state index is -2.24. The average Bonchev–Trinajstić information content (AvgIpc) is 3.86. The van der Waals surface area contributed by atoms with Gasteiger partial charge in [-0.25, -0.2) is 0 Å². The van der Waals surface area contributed by atoms with Gasteiger partial charge in [0.25, 0.3) is 0 Å². The van der Waals surface area contributed by atoms with Gasteiger partial charge in [0.1, 0.15) is 8.07 Å². The van der Waals surface area contributed by atoms with Gasteiger partial charge in [0, 0.05) is 16.2 Å². The highest BCUT2D eigenvalue weighted by Crippen LogP contribution is 2.59. The first-order chi connectivity index (χ1) is 28.8. The molecule has 12 rings (SSSR count). The molecule has 0 atom stereocenters. The number of allylic oxidation sites excluding steroid dienone is 2. The van der Waals surface area contributed by atoms with Crippen LogP contribution >= 0.6 is 0 Å². The first-order valence-corrected chi connectivity index (χ1v) is 24.9. The quantitative estimate of drug-likeness (QED) is 0.157. The third kappa shape index (κ3) is 4.51. The average molecular weight is 787 g/mol. The van der Waals surface area contributed by atoms with Crippen molar-refractivity contribution in [2.45, 2.75) is 70.9 Å². The molecule has 0 spiro atoms. The highest BCUT2D eigenvalue weighted by molar-refractivity contribution is 7.09. The van der Waals surface area contributed by atoms with Gasteiger partial charge in [0.05, 0.1) is 0 Å². The topological polar surface area (TPSA) is 0 Å². The molecule has 0 saturated heterocycles. The van der Waals surface area contributed by atoms with Crippen LogP contribution in [0.4, 0.5) is 0 Å². The van der Waals surface area contributed by atoms with E-state index >= 15 is 0 Å². The second kappa shape index (κ2) is 11.8. The van der Waals surface area contributed by atoms with E-state index in [4.69, 9.17) is 0 Å². The fraction of sp³-hybridized carbons (Fsp3) is 0.186. The van der Waals surface area contributed by atoms with Crippen molar-refractivity contribution in [2.75, 3.05) is 0 Å². The maximum Gasteiger partial charge on any atom is 0.113 e. The van der Waals surface area contributed by atoms with Crippen molar-refractivity contribution < 1.29 is 0 Å². The second-order valence-corrected chi connectivity index (χ2v) is 24.4. The molecule has 1 heterocycles. The lowest BCUT2D eigenvalue weighted by Gasteiger charge is -2.30. The van der Waals surface area contributed by atoms with Gasteiger partial charge in [-0.05, 0) is 151 Å². The van der Waals surface area contributed by atoms with Crippen molar-refractivity contribution in [2.24, 2.45) is 0 Å². The Labute approximate surface area is 356 Å². The van der Waals surface area contributed by atoms with E-state index in [2.05, 4.69) is 212 Å². The minimum Gasteiger partial charge on any atom is -0.0622 e. The van der Waals surface area contributed by atoms with E-state index in [9.17, 15) is 0 Å². The summed E-state index contributed by atoms with van der Waals surface area (Å²) in [6.45, 7) is 19.8. The van der Waals surface area contributed by atoms with Crippen LogP contribution in [0.3, 0.4) is 0 Å². The van der Waals surface area contributed by atoms with Gasteiger partial charge in [0.15, 0.2) is 0 Å². The van der Waals surface area contributed by atoms with Gasteiger partial charge in [0.2, 0.25) is 0 Å². The van der Waals surface area contributed by atoms with E-state index in [-0.39, 0.29) is 16.2 Å². The molecule has 0 fully saturated rings. The van der Waals surface area contributed by atoms with Gasteiger partial charge in [-0.2, -0.15) is 0 Å². The molecule has 8 aromatic rings. The highest BCUT2D eigenvalue weighted by Gasteiger charge is 2.45. The lowest BCUT2D eigenvalue weighted by Crippen LogP contribution is -2.29. The van der Waals surface area contributed by atoms with Crippen LogP contribution in [0.5, 0.6) is 0 Å². The van der Waals surface area contributed by atoms with E-state index in [0.29, 0.717) is 0 Å². The highest BCUT2D eigenvalue weighted by atomic mass is 28.3. The molecule has 0 amide bonds. The van der Waals surface area contributed by atoms with Crippen LogP contribution in [0.2, 0.25) is 13.1 Å². The maximum atomic E-state index is 2.62. The number of hydrogen-bond acceptors (Lipinski definition) is 0. The van der Waals surface area contributed by atoms with E-state index < -0.39 is 8.07 Å². The van der Waals surface area contributed by atoms with Crippen LogP contribution in [-0.2, 0) is 16.2 Å². The van der Waals surface area contributed by atoms with E-state index in [1.54, 1.807) is 0 Å². The summed E-state index contributed by atoms with van der Waals surface area (Å²) in [5.74, 6) is 0. The molecule has 8 aromatic carbocycles. The fourth-order valence-electron chi connectivity index (χ4n) is 12.2. The van der Waals surface area contributed by atoms with Crippen LogP contribution in [0, 0.1) is 0 Å². The predicted molar refractivity (Wildman–Crippen MR) is 259 cm³/mol. The number of hydrogen-bond donors (Lipinski definition) is 0. The molecule has 0 unspecified atom stereocenters. The van der Waals surface area contributed by atoms with E-state index in [0.717, 1.165) is 0 Å². The van der Waals surface area contributed by atoms with Gasteiger partial charge < -0.3 is 0 Å². The van der Waals surface area contributed by atoms with Crippen molar-refractivity contribution in [1.82, 2.24) is 0 Å². The molecule has 290 valence electrons. The van der Waals surface area contributed by atoms with Crippen LogP contribution in [0.1, 0.15) is 86.1 Å². The summed E-state index contributed by atoms with van der Waals surface area (Å²) in [7, 11) is -2.24. The Hall–Kier alpha value is -6.02. The molecular formula is C59H50Si. The van der Waals surface area contributed by atoms with Crippen LogP contribution < -0.4 is 0 Å².